The number of hydrogen-bond donors (Lipinski definition) is 1. The average molecular weight is 438 g/mol. The Morgan fingerprint density at radius 3 is 2.50 bits per heavy atom. The van der Waals surface area contributed by atoms with E-state index in [1.54, 1.807) is 13.2 Å². The third-order valence-electron chi connectivity index (χ3n) is 2.14. The van der Waals surface area contributed by atoms with Crippen LogP contribution in [-0.4, -0.2) is 17.1 Å². The molecule has 2 aromatic rings. The summed E-state index contributed by atoms with van der Waals surface area (Å²) in [5.41, 5.74) is 0.862. The number of benzene rings is 1. The third-order valence-corrected chi connectivity index (χ3v) is 3.85. The van der Waals surface area contributed by atoms with Gasteiger partial charge in [0, 0.05) is 16.6 Å². The largest absolute Gasteiger partial charge is 0.495 e. The normalized spacial score (nSPS) is 10.2. The van der Waals surface area contributed by atoms with Crippen LogP contribution in [0, 0.1) is 0 Å². The van der Waals surface area contributed by atoms with E-state index in [9.17, 15) is 0 Å². The van der Waals surface area contributed by atoms with Gasteiger partial charge in [0.2, 0.25) is 0 Å². The molecule has 0 bridgehead atoms. The number of hydrogen-bond acceptors (Lipinski definition) is 4. The molecule has 0 aliphatic heterocycles. The number of methoxy groups -OCH3 is 1. The van der Waals surface area contributed by atoms with Gasteiger partial charge in [-0.25, -0.2) is 9.97 Å². The summed E-state index contributed by atoms with van der Waals surface area (Å²) in [7, 11) is 1.62. The van der Waals surface area contributed by atoms with Crippen LogP contribution in [0.15, 0.2) is 38.1 Å². The number of ether oxygens (including phenoxy) is 1. The molecule has 94 valence electrons. The van der Waals surface area contributed by atoms with Crippen LogP contribution in [-0.2, 0) is 0 Å². The second-order valence-corrected chi connectivity index (χ2v) is 5.84. The second-order valence-electron chi connectivity index (χ2n) is 3.32. The molecule has 0 atom stereocenters. The van der Waals surface area contributed by atoms with Crippen LogP contribution in [0.25, 0.3) is 0 Å². The molecule has 4 nitrogen and oxygen atoms in total. The van der Waals surface area contributed by atoms with Crippen LogP contribution in [0.3, 0.4) is 0 Å². The van der Waals surface area contributed by atoms with Crippen molar-refractivity contribution in [3.05, 3.63) is 38.1 Å². The fourth-order valence-electron chi connectivity index (χ4n) is 1.32. The second kappa shape index (κ2) is 5.99. The Morgan fingerprint density at radius 1 is 1.06 bits per heavy atom. The summed E-state index contributed by atoms with van der Waals surface area (Å²) >= 11 is 10.2. The van der Waals surface area contributed by atoms with Gasteiger partial charge in [0.15, 0.2) is 0 Å². The zero-order chi connectivity index (χ0) is 13.1. The predicted molar refractivity (Wildman–Crippen MR) is 81.4 cm³/mol. The fraction of sp³-hybridized carbons (Fsp3) is 0.0909. The van der Waals surface area contributed by atoms with E-state index in [0.29, 0.717) is 5.82 Å². The SMILES string of the molecule is COc1cc(Nc2cc(Br)ncn2)c(Br)cc1Br. The van der Waals surface area contributed by atoms with Crippen molar-refractivity contribution in [2.75, 3.05) is 12.4 Å². The number of aromatic nitrogens is 2. The van der Waals surface area contributed by atoms with E-state index in [1.807, 2.05) is 12.1 Å². The van der Waals surface area contributed by atoms with Gasteiger partial charge in [0.05, 0.1) is 17.3 Å². The molecule has 1 aromatic carbocycles. The highest BCUT2D eigenvalue weighted by molar-refractivity contribution is 9.11. The van der Waals surface area contributed by atoms with Crippen molar-refractivity contribution in [1.82, 2.24) is 9.97 Å². The molecular weight excluding hydrogens is 430 g/mol. The van der Waals surface area contributed by atoms with Crippen molar-refractivity contribution in [2.45, 2.75) is 0 Å². The molecule has 0 aliphatic carbocycles. The van der Waals surface area contributed by atoms with Crippen molar-refractivity contribution in [3.8, 4) is 5.75 Å². The molecule has 0 spiro atoms. The number of rotatable bonds is 3. The maximum absolute atomic E-state index is 5.25. The highest BCUT2D eigenvalue weighted by Crippen LogP contribution is 2.35. The molecule has 1 N–H and O–H groups in total. The maximum atomic E-state index is 5.25. The summed E-state index contributed by atoms with van der Waals surface area (Å²) in [6.45, 7) is 0. The molecule has 0 radical (unpaired) electrons. The lowest BCUT2D eigenvalue weighted by Gasteiger charge is -2.11. The van der Waals surface area contributed by atoms with E-state index in [-0.39, 0.29) is 0 Å². The highest BCUT2D eigenvalue weighted by atomic mass is 79.9. The molecule has 1 aromatic heterocycles. The Balaban J connectivity index is 2.34. The van der Waals surface area contributed by atoms with Crippen molar-refractivity contribution < 1.29 is 4.74 Å². The Kier molecular flexibility index (Phi) is 4.58. The number of nitrogens with one attached hydrogen (secondary N) is 1. The van der Waals surface area contributed by atoms with E-state index >= 15 is 0 Å². The van der Waals surface area contributed by atoms with Gasteiger partial charge < -0.3 is 10.1 Å². The van der Waals surface area contributed by atoms with E-state index in [1.165, 1.54) is 6.33 Å². The zero-order valence-electron chi connectivity index (χ0n) is 9.25. The highest BCUT2D eigenvalue weighted by Gasteiger charge is 2.08. The first kappa shape index (κ1) is 13.8. The molecule has 0 amide bonds. The first-order chi connectivity index (χ1) is 8.60. The van der Waals surface area contributed by atoms with Crippen molar-refractivity contribution in [3.63, 3.8) is 0 Å². The van der Waals surface area contributed by atoms with E-state index in [0.717, 1.165) is 25.0 Å². The van der Waals surface area contributed by atoms with E-state index < -0.39 is 0 Å². The molecule has 0 fully saturated rings. The van der Waals surface area contributed by atoms with Gasteiger partial charge >= 0.3 is 0 Å². The summed E-state index contributed by atoms with van der Waals surface area (Å²) in [5, 5.41) is 3.19. The van der Waals surface area contributed by atoms with Crippen molar-refractivity contribution in [1.29, 1.82) is 0 Å². The lowest BCUT2D eigenvalue weighted by molar-refractivity contribution is 0.412. The summed E-state index contributed by atoms with van der Waals surface area (Å²) < 4.78 is 7.76. The van der Waals surface area contributed by atoms with Gasteiger partial charge in [-0.3, -0.25) is 0 Å². The Labute approximate surface area is 130 Å². The molecule has 1 heterocycles. The van der Waals surface area contributed by atoms with Gasteiger partial charge in [-0.1, -0.05) is 0 Å². The zero-order valence-corrected chi connectivity index (χ0v) is 14.0. The molecule has 0 saturated heterocycles. The minimum atomic E-state index is 0.696. The standard InChI is InChI=1S/C11H8Br3N3O/c1-18-9-3-8(6(12)2-7(9)13)17-11-4-10(14)15-5-16-11/h2-5H,1H3,(H,15,16,17). The summed E-state index contributed by atoms with van der Waals surface area (Å²) in [6, 6.07) is 5.59. The molecule has 0 aliphatic rings. The topological polar surface area (TPSA) is 47.0 Å². The molecule has 2 rings (SSSR count). The van der Waals surface area contributed by atoms with Gasteiger partial charge in [0.25, 0.3) is 0 Å². The van der Waals surface area contributed by atoms with E-state index in [2.05, 4.69) is 63.1 Å². The van der Waals surface area contributed by atoms with Crippen LogP contribution >= 0.6 is 47.8 Å². The number of halogens is 3. The molecule has 0 unspecified atom stereocenters. The summed E-state index contributed by atoms with van der Waals surface area (Å²) in [4.78, 5) is 8.10. The smallest absolute Gasteiger partial charge is 0.135 e. The van der Waals surface area contributed by atoms with Crippen LogP contribution < -0.4 is 10.1 Å². The quantitative estimate of drug-likeness (QED) is 0.717. The van der Waals surface area contributed by atoms with Gasteiger partial charge in [-0.2, -0.15) is 0 Å². The number of anilines is 2. The summed E-state index contributed by atoms with van der Waals surface area (Å²) in [5.74, 6) is 1.44. The van der Waals surface area contributed by atoms with Gasteiger partial charge in [-0.15, -0.1) is 0 Å². The van der Waals surface area contributed by atoms with Gasteiger partial charge in [-0.05, 0) is 53.9 Å². The Hall–Kier alpha value is -0.660. The third kappa shape index (κ3) is 3.21. The maximum Gasteiger partial charge on any atom is 0.135 e. The lowest BCUT2D eigenvalue weighted by Crippen LogP contribution is -1.96. The predicted octanol–water partition coefficient (Wildman–Crippen LogP) is 4.52. The minimum Gasteiger partial charge on any atom is -0.495 e. The molecular formula is C11H8Br3N3O. The summed E-state index contributed by atoms with van der Waals surface area (Å²) in [6.07, 6.45) is 1.48. The van der Waals surface area contributed by atoms with Crippen LogP contribution in [0.4, 0.5) is 11.5 Å². The molecule has 7 heteroatoms. The lowest BCUT2D eigenvalue weighted by atomic mass is 10.3. The fourth-order valence-corrected chi connectivity index (χ4v) is 2.88. The first-order valence-corrected chi connectivity index (χ1v) is 7.25. The molecule has 18 heavy (non-hydrogen) atoms. The van der Waals surface area contributed by atoms with Crippen LogP contribution in [0.2, 0.25) is 0 Å². The first-order valence-electron chi connectivity index (χ1n) is 4.87. The average Bonchev–Trinajstić information content (AvgIpc) is 2.33. The Morgan fingerprint density at radius 2 is 1.83 bits per heavy atom. The monoisotopic (exact) mass is 435 g/mol. The van der Waals surface area contributed by atoms with Crippen LogP contribution in [0.5, 0.6) is 5.75 Å². The van der Waals surface area contributed by atoms with Crippen molar-refractivity contribution >= 4 is 59.3 Å². The van der Waals surface area contributed by atoms with Crippen molar-refractivity contribution in [2.24, 2.45) is 0 Å². The van der Waals surface area contributed by atoms with E-state index in [4.69, 9.17) is 4.74 Å². The van der Waals surface area contributed by atoms with Crippen LogP contribution in [0.1, 0.15) is 0 Å². The molecule has 0 saturated carbocycles. The number of nitrogens with zero attached hydrogens (tertiary/aromatic N) is 2. The minimum absolute atomic E-state index is 0.696. The van der Waals surface area contributed by atoms with Gasteiger partial charge in [0.1, 0.15) is 22.5 Å². The Bertz CT molecular complexity index is 577.